The molecule has 0 bridgehead atoms. The molecule has 0 radical (unpaired) electrons. The third-order valence-electron chi connectivity index (χ3n) is 2.40. The fraction of sp³-hybridized carbons (Fsp3) is 0.250. The van der Waals surface area contributed by atoms with Crippen LogP contribution in [0.5, 0.6) is 0 Å². The largest absolute Gasteiger partial charge is 0.413 e. The Labute approximate surface area is 108 Å². The van der Waals surface area contributed by atoms with Crippen LogP contribution in [-0.4, -0.2) is 11.6 Å². The van der Waals surface area contributed by atoms with Gasteiger partial charge in [0.15, 0.2) is 0 Å². The summed E-state index contributed by atoms with van der Waals surface area (Å²) in [7, 11) is 0. The maximum absolute atomic E-state index is 11.2. The van der Waals surface area contributed by atoms with Crippen LogP contribution >= 0.6 is 22.6 Å². The lowest BCUT2D eigenvalue weighted by Gasteiger charge is -2.17. The highest BCUT2D eigenvalue weighted by atomic mass is 127. The van der Waals surface area contributed by atoms with Crippen molar-refractivity contribution in [2.75, 3.05) is 0 Å². The molecule has 0 spiro atoms. The molecule has 16 heavy (non-hydrogen) atoms. The summed E-state index contributed by atoms with van der Waals surface area (Å²) in [6.07, 6.45) is -0.384. The number of amides is 1. The summed E-state index contributed by atoms with van der Waals surface area (Å²) in [4.78, 5) is 11.2. The Morgan fingerprint density at radius 3 is 2.44 bits per heavy atom. The van der Waals surface area contributed by atoms with Crippen molar-refractivity contribution < 1.29 is 9.53 Å². The van der Waals surface area contributed by atoms with Gasteiger partial charge in [-0.2, -0.15) is 0 Å². The van der Waals surface area contributed by atoms with Crippen molar-refractivity contribution in [2.24, 2.45) is 0 Å². The molecule has 0 aliphatic carbocycles. The van der Waals surface area contributed by atoms with E-state index < -0.39 is 5.54 Å². The molecule has 1 amide bonds. The lowest BCUT2D eigenvalue weighted by atomic mass is 10.0. The van der Waals surface area contributed by atoms with Gasteiger partial charge in [-0.15, -0.1) is 0 Å². The highest BCUT2D eigenvalue weighted by Crippen LogP contribution is 2.35. The molecule has 1 aromatic carbocycles. The van der Waals surface area contributed by atoms with E-state index >= 15 is 0 Å². The first-order chi connectivity index (χ1) is 7.50. The quantitative estimate of drug-likeness (QED) is 0.803. The maximum Gasteiger partial charge on any atom is 0.413 e. The molecule has 1 aromatic rings. The van der Waals surface area contributed by atoms with E-state index in [-0.39, 0.29) is 6.09 Å². The first kappa shape index (κ1) is 11.4. The first-order valence-electron chi connectivity index (χ1n) is 4.96. The molecular formula is C12H12INO2. The molecule has 0 unspecified atom stereocenters. The summed E-state index contributed by atoms with van der Waals surface area (Å²) in [5.41, 5.74) is 0.617. The van der Waals surface area contributed by atoms with E-state index in [1.54, 1.807) is 0 Å². The number of halogens is 1. The van der Waals surface area contributed by atoms with Crippen LogP contribution in [0.4, 0.5) is 4.79 Å². The van der Waals surface area contributed by atoms with Gasteiger partial charge in [-0.3, -0.25) is 0 Å². The molecule has 84 valence electrons. The fourth-order valence-electron chi connectivity index (χ4n) is 1.59. The lowest BCUT2D eigenvalue weighted by molar-refractivity contribution is 0.195. The Kier molecular flexibility index (Phi) is 2.92. The van der Waals surface area contributed by atoms with Crippen molar-refractivity contribution in [1.82, 2.24) is 5.32 Å². The number of hydrogen-bond acceptors (Lipinski definition) is 2. The zero-order chi connectivity index (χ0) is 11.8. The van der Waals surface area contributed by atoms with E-state index in [1.807, 2.05) is 44.2 Å². The molecule has 1 heterocycles. The molecular weight excluding hydrogens is 317 g/mol. The van der Waals surface area contributed by atoms with Crippen LogP contribution in [0.25, 0.3) is 3.58 Å². The summed E-state index contributed by atoms with van der Waals surface area (Å²) in [5.74, 6) is 0.685. The van der Waals surface area contributed by atoms with E-state index in [4.69, 9.17) is 4.74 Å². The Balaban J connectivity index is 2.46. The zero-order valence-electron chi connectivity index (χ0n) is 9.08. The number of rotatable bonds is 1. The second-order valence-corrected chi connectivity index (χ2v) is 5.23. The SMILES string of the molecule is CC1(C)NC(=O)O/C1=C(\I)c1ccccc1. The molecule has 1 saturated heterocycles. The van der Waals surface area contributed by atoms with Gasteiger partial charge in [-0.25, -0.2) is 4.79 Å². The first-order valence-corrected chi connectivity index (χ1v) is 6.04. The number of carbonyl (C=O) groups is 1. The number of alkyl carbamates (subject to hydrolysis) is 1. The molecule has 2 rings (SSSR count). The molecule has 0 atom stereocenters. The van der Waals surface area contributed by atoms with Crippen LogP contribution in [0.2, 0.25) is 0 Å². The van der Waals surface area contributed by atoms with Crippen LogP contribution in [0.1, 0.15) is 19.4 Å². The summed E-state index contributed by atoms with van der Waals surface area (Å²) < 4.78 is 6.17. The van der Waals surface area contributed by atoms with Crippen LogP contribution in [0.15, 0.2) is 36.1 Å². The van der Waals surface area contributed by atoms with Crippen molar-refractivity contribution in [3.63, 3.8) is 0 Å². The van der Waals surface area contributed by atoms with E-state index in [9.17, 15) is 4.79 Å². The average molecular weight is 329 g/mol. The normalized spacial score (nSPS) is 21.3. The molecule has 4 heteroatoms. The summed E-state index contributed by atoms with van der Waals surface area (Å²) >= 11 is 2.21. The summed E-state index contributed by atoms with van der Waals surface area (Å²) in [6, 6.07) is 9.88. The molecule has 1 fully saturated rings. The topological polar surface area (TPSA) is 38.3 Å². The van der Waals surface area contributed by atoms with Gasteiger partial charge in [0.25, 0.3) is 0 Å². The highest BCUT2D eigenvalue weighted by Gasteiger charge is 2.38. The van der Waals surface area contributed by atoms with E-state index in [2.05, 4.69) is 27.9 Å². The van der Waals surface area contributed by atoms with E-state index in [1.165, 1.54) is 0 Å². The lowest BCUT2D eigenvalue weighted by Crippen LogP contribution is -2.35. The number of carbonyl (C=O) groups excluding carboxylic acids is 1. The second-order valence-electron chi connectivity index (χ2n) is 4.15. The standard InChI is InChI=1S/C12H12INO2/c1-12(2)10(16-11(15)14-12)9(13)8-6-4-3-5-7-8/h3-7H,1-2H3,(H,14,15)/b10-9-. The fourth-order valence-corrected chi connectivity index (χ4v) is 2.74. The minimum atomic E-state index is -0.441. The Hall–Kier alpha value is -1.04. The van der Waals surface area contributed by atoms with Gasteiger partial charge in [0, 0.05) is 0 Å². The highest BCUT2D eigenvalue weighted by molar-refractivity contribution is 14.1. The summed E-state index contributed by atoms with van der Waals surface area (Å²) in [6.45, 7) is 3.85. The van der Waals surface area contributed by atoms with Gasteiger partial charge in [-0.1, -0.05) is 30.3 Å². The van der Waals surface area contributed by atoms with Gasteiger partial charge >= 0.3 is 6.09 Å². The van der Waals surface area contributed by atoms with Crippen molar-refractivity contribution in [3.05, 3.63) is 41.7 Å². The van der Waals surface area contributed by atoms with Gasteiger partial charge in [0.05, 0.1) is 9.12 Å². The molecule has 1 aliphatic heterocycles. The predicted molar refractivity (Wildman–Crippen MR) is 71.1 cm³/mol. The predicted octanol–water partition coefficient (Wildman–Crippen LogP) is 3.31. The third kappa shape index (κ3) is 2.07. The zero-order valence-corrected chi connectivity index (χ0v) is 11.2. The minimum absolute atomic E-state index is 0.384. The van der Waals surface area contributed by atoms with Crippen molar-refractivity contribution in [1.29, 1.82) is 0 Å². The monoisotopic (exact) mass is 329 g/mol. The molecule has 0 aromatic heterocycles. The number of nitrogens with one attached hydrogen (secondary N) is 1. The summed E-state index contributed by atoms with van der Waals surface area (Å²) in [5, 5.41) is 2.77. The number of hydrogen-bond donors (Lipinski definition) is 1. The number of ether oxygens (including phenoxy) is 1. The van der Waals surface area contributed by atoms with Crippen molar-refractivity contribution >= 4 is 32.3 Å². The molecule has 1 aliphatic rings. The van der Waals surface area contributed by atoms with Crippen molar-refractivity contribution in [2.45, 2.75) is 19.4 Å². The Bertz CT molecular complexity index is 451. The maximum atomic E-state index is 11.2. The van der Waals surface area contributed by atoms with Crippen LogP contribution in [-0.2, 0) is 4.74 Å². The van der Waals surface area contributed by atoms with Crippen LogP contribution < -0.4 is 5.32 Å². The molecule has 3 nitrogen and oxygen atoms in total. The van der Waals surface area contributed by atoms with Gasteiger partial charge in [-0.05, 0) is 42.0 Å². The Morgan fingerprint density at radius 2 is 1.94 bits per heavy atom. The van der Waals surface area contributed by atoms with E-state index in [0.29, 0.717) is 5.76 Å². The Morgan fingerprint density at radius 1 is 1.31 bits per heavy atom. The third-order valence-corrected chi connectivity index (χ3v) is 3.52. The van der Waals surface area contributed by atoms with Gasteiger partial charge in [0.2, 0.25) is 0 Å². The van der Waals surface area contributed by atoms with Crippen LogP contribution in [0, 0.1) is 0 Å². The smallest absolute Gasteiger partial charge is 0.411 e. The van der Waals surface area contributed by atoms with Gasteiger partial charge in [0.1, 0.15) is 5.76 Å². The average Bonchev–Trinajstić information content (AvgIpc) is 2.52. The molecule has 1 N–H and O–H groups in total. The number of benzene rings is 1. The molecule has 0 saturated carbocycles. The second kappa shape index (κ2) is 4.08. The van der Waals surface area contributed by atoms with Crippen molar-refractivity contribution in [3.8, 4) is 0 Å². The van der Waals surface area contributed by atoms with Gasteiger partial charge < -0.3 is 10.1 Å². The van der Waals surface area contributed by atoms with E-state index in [0.717, 1.165) is 9.14 Å². The van der Waals surface area contributed by atoms with Crippen LogP contribution in [0.3, 0.4) is 0 Å². The number of cyclic esters (lactones) is 1. The minimum Gasteiger partial charge on any atom is -0.411 e.